The number of phenolic OH excluding ortho intramolecular Hbond substituents is 1. The highest BCUT2D eigenvalue weighted by Crippen LogP contribution is 2.35. The molecule has 2 atom stereocenters. The number of carbonyl (C=O) groups excluding carboxylic acids is 2. The van der Waals surface area contributed by atoms with E-state index in [9.17, 15) is 23.5 Å². The number of aryl methyl sites for hydroxylation is 1. The van der Waals surface area contributed by atoms with Crippen molar-refractivity contribution in [3.63, 3.8) is 0 Å². The molecule has 1 aromatic carbocycles. The minimum Gasteiger partial charge on any atom is -0.508 e. The van der Waals surface area contributed by atoms with Crippen LogP contribution in [0.15, 0.2) is 12.1 Å². The molecule has 0 radical (unpaired) electrons. The Morgan fingerprint density at radius 1 is 1.35 bits per heavy atom. The van der Waals surface area contributed by atoms with Crippen LogP contribution < -0.4 is 4.90 Å². The Labute approximate surface area is 113 Å². The molecule has 1 N–H and O–H groups in total. The second-order valence-electron chi connectivity index (χ2n) is 5.05. The molecule has 2 unspecified atom stereocenters. The van der Waals surface area contributed by atoms with Crippen molar-refractivity contribution in [3.8, 4) is 5.75 Å². The third-order valence-corrected chi connectivity index (χ3v) is 3.70. The van der Waals surface area contributed by atoms with Crippen LogP contribution in [0.3, 0.4) is 0 Å². The first-order valence-electron chi connectivity index (χ1n) is 6.18. The van der Waals surface area contributed by atoms with Crippen LogP contribution in [-0.2, 0) is 4.79 Å². The topological polar surface area (TPSA) is 60.9 Å². The highest BCUT2D eigenvalue weighted by molar-refractivity contribution is 6.21. The quantitative estimate of drug-likeness (QED) is 0.798. The van der Waals surface area contributed by atoms with Crippen LogP contribution in [0.5, 0.6) is 5.75 Å². The average molecular weight is 282 g/mol. The van der Waals surface area contributed by atoms with Crippen molar-refractivity contribution in [1.29, 1.82) is 0 Å². The summed E-state index contributed by atoms with van der Waals surface area (Å²) in [6.45, 7) is 1.38. The van der Waals surface area contributed by atoms with Crippen LogP contribution in [0.2, 0.25) is 0 Å². The number of phenols is 1. The summed E-state index contributed by atoms with van der Waals surface area (Å²) in [6, 6.07) is 0.512. The van der Waals surface area contributed by atoms with Crippen LogP contribution in [0.1, 0.15) is 12.0 Å². The largest absolute Gasteiger partial charge is 0.508 e. The number of halogens is 2. The van der Waals surface area contributed by atoms with Gasteiger partial charge >= 0.3 is 6.03 Å². The maximum atomic E-state index is 13.9. The minimum atomic E-state index is -1.22. The maximum absolute atomic E-state index is 13.9. The monoisotopic (exact) mass is 282 g/mol. The zero-order valence-electron chi connectivity index (χ0n) is 10.6. The molecular formula is C13H12F2N2O3. The summed E-state index contributed by atoms with van der Waals surface area (Å²) in [5, 5.41) is 9.41. The number of benzene rings is 1. The summed E-state index contributed by atoms with van der Waals surface area (Å²) in [5.41, 5.74) is 0.137. The van der Waals surface area contributed by atoms with E-state index >= 15 is 0 Å². The van der Waals surface area contributed by atoms with E-state index in [0.717, 1.165) is 15.9 Å². The van der Waals surface area contributed by atoms with Gasteiger partial charge in [-0.15, -0.1) is 0 Å². The van der Waals surface area contributed by atoms with E-state index in [1.807, 2.05) is 0 Å². The number of imide groups is 1. The molecule has 2 fully saturated rings. The van der Waals surface area contributed by atoms with Gasteiger partial charge in [0.15, 0.2) is 5.82 Å². The number of nitrogens with zero attached hydrogens (tertiary/aromatic N) is 2. The third-order valence-electron chi connectivity index (χ3n) is 3.70. The molecule has 3 amide bonds. The highest BCUT2D eigenvalue weighted by Gasteiger charge is 2.51. The first-order valence-corrected chi connectivity index (χ1v) is 6.18. The van der Waals surface area contributed by atoms with Crippen LogP contribution in [-0.4, -0.2) is 40.7 Å². The Morgan fingerprint density at radius 2 is 2.05 bits per heavy atom. The molecule has 1 aromatic rings. The fourth-order valence-electron chi connectivity index (χ4n) is 2.65. The van der Waals surface area contributed by atoms with Crippen molar-refractivity contribution in [3.05, 3.63) is 23.5 Å². The predicted octanol–water partition coefficient (Wildman–Crippen LogP) is 1.72. The zero-order chi connectivity index (χ0) is 14.6. The standard InChI is InChI=1S/C13H12F2N2O3/c1-6-2-9(8(15)4-11(6)18)17-12(19)10-3-7(14)5-16(10)13(17)20/h2,4,7,10,18H,3,5H2,1H3. The lowest BCUT2D eigenvalue weighted by molar-refractivity contribution is -0.119. The molecule has 2 aliphatic rings. The van der Waals surface area contributed by atoms with Gasteiger partial charge in [0.1, 0.15) is 18.0 Å². The molecule has 0 spiro atoms. The van der Waals surface area contributed by atoms with Gasteiger partial charge in [-0.3, -0.25) is 4.79 Å². The Morgan fingerprint density at radius 3 is 2.70 bits per heavy atom. The first kappa shape index (κ1) is 12.8. The lowest BCUT2D eigenvalue weighted by Crippen LogP contribution is -2.35. The smallest absolute Gasteiger partial charge is 0.332 e. The van der Waals surface area contributed by atoms with Crippen molar-refractivity contribution in [2.24, 2.45) is 0 Å². The van der Waals surface area contributed by atoms with Crippen molar-refractivity contribution >= 4 is 17.6 Å². The van der Waals surface area contributed by atoms with Crippen LogP contribution in [0.25, 0.3) is 0 Å². The van der Waals surface area contributed by atoms with Crippen molar-refractivity contribution in [1.82, 2.24) is 4.90 Å². The molecule has 106 valence electrons. The van der Waals surface area contributed by atoms with Crippen molar-refractivity contribution in [2.75, 3.05) is 11.4 Å². The molecule has 2 heterocycles. The molecule has 5 nitrogen and oxygen atoms in total. The summed E-state index contributed by atoms with van der Waals surface area (Å²) in [6.07, 6.45) is -1.28. The lowest BCUT2D eigenvalue weighted by Gasteiger charge is -2.17. The minimum absolute atomic E-state index is 0.0558. The Balaban J connectivity index is 2.02. The van der Waals surface area contributed by atoms with E-state index in [1.54, 1.807) is 0 Å². The second kappa shape index (κ2) is 4.16. The summed E-state index contributed by atoms with van der Waals surface area (Å²) in [4.78, 5) is 26.1. The van der Waals surface area contributed by atoms with Crippen LogP contribution >= 0.6 is 0 Å². The molecule has 0 aliphatic carbocycles. The van der Waals surface area contributed by atoms with E-state index in [1.165, 1.54) is 13.0 Å². The normalized spacial score (nSPS) is 25.6. The Hall–Kier alpha value is -2.18. The molecule has 2 aliphatic heterocycles. The SMILES string of the molecule is Cc1cc(N2C(=O)C3CC(F)CN3C2=O)c(F)cc1O. The summed E-state index contributed by atoms with van der Waals surface area (Å²) >= 11 is 0. The van der Waals surface area contributed by atoms with Crippen molar-refractivity contribution in [2.45, 2.75) is 25.6 Å². The predicted molar refractivity (Wildman–Crippen MR) is 65.7 cm³/mol. The van der Waals surface area contributed by atoms with E-state index < -0.39 is 30.0 Å². The molecule has 2 saturated heterocycles. The van der Waals surface area contributed by atoms with Gasteiger partial charge in [0.25, 0.3) is 5.91 Å². The molecule has 0 saturated carbocycles. The molecule has 0 bridgehead atoms. The zero-order valence-corrected chi connectivity index (χ0v) is 10.6. The Kier molecular flexibility index (Phi) is 2.67. The number of amides is 3. The molecule has 3 rings (SSSR count). The van der Waals surface area contributed by atoms with E-state index in [4.69, 9.17) is 0 Å². The molecule has 20 heavy (non-hydrogen) atoms. The van der Waals surface area contributed by atoms with E-state index in [2.05, 4.69) is 0 Å². The fraction of sp³-hybridized carbons (Fsp3) is 0.385. The summed E-state index contributed by atoms with van der Waals surface area (Å²) < 4.78 is 27.1. The van der Waals surface area contributed by atoms with E-state index in [-0.39, 0.29) is 24.4 Å². The first-order chi connectivity index (χ1) is 9.40. The van der Waals surface area contributed by atoms with Gasteiger partial charge in [-0.05, 0) is 18.6 Å². The van der Waals surface area contributed by atoms with Gasteiger partial charge in [0.2, 0.25) is 0 Å². The molecular weight excluding hydrogens is 270 g/mol. The highest BCUT2D eigenvalue weighted by atomic mass is 19.1. The van der Waals surface area contributed by atoms with Gasteiger partial charge in [0, 0.05) is 12.5 Å². The number of hydrogen-bond acceptors (Lipinski definition) is 3. The lowest BCUT2D eigenvalue weighted by atomic mass is 10.1. The van der Waals surface area contributed by atoms with Gasteiger partial charge in [0.05, 0.1) is 12.2 Å². The summed E-state index contributed by atoms with van der Waals surface area (Å²) in [5.74, 6) is -1.75. The second-order valence-corrected chi connectivity index (χ2v) is 5.05. The Bertz CT molecular complexity index is 596. The van der Waals surface area contributed by atoms with Gasteiger partial charge in [-0.25, -0.2) is 18.5 Å². The number of carbonyl (C=O) groups is 2. The molecule has 7 heteroatoms. The number of urea groups is 1. The number of alkyl halides is 1. The summed E-state index contributed by atoms with van der Waals surface area (Å²) in [7, 11) is 0. The number of rotatable bonds is 1. The molecule has 0 aromatic heterocycles. The number of anilines is 1. The number of aromatic hydroxyl groups is 1. The van der Waals surface area contributed by atoms with Crippen LogP contribution in [0, 0.1) is 12.7 Å². The van der Waals surface area contributed by atoms with Gasteiger partial charge in [-0.1, -0.05) is 0 Å². The average Bonchev–Trinajstić information content (AvgIpc) is 2.85. The van der Waals surface area contributed by atoms with Crippen LogP contribution in [0.4, 0.5) is 19.3 Å². The van der Waals surface area contributed by atoms with Gasteiger partial charge in [-0.2, -0.15) is 0 Å². The maximum Gasteiger partial charge on any atom is 0.332 e. The fourth-order valence-corrected chi connectivity index (χ4v) is 2.65. The van der Waals surface area contributed by atoms with E-state index in [0.29, 0.717) is 5.56 Å². The van der Waals surface area contributed by atoms with Gasteiger partial charge < -0.3 is 10.0 Å². The number of fused-ring (bicyclic) bond motifs is 1. The number of hydrogen-bond donors (Lipinski definition) is 1. The third kappa shape index (κ3) is 1.65. The van der Waals surface area contributed by atoms with Crippen molar-refractivity contribution < 1.29 is 23.5 Å².